The zero-order valence-corrected chi connectivity index (χ0v) is 32.8. The summed E-state index contributed by atoms with van der Waals surface area (Å²) in [5.74, 6) is -0.965. The third-order valence-electron chi connectivity index (χ3n) is 9.42. The van der Waals surface area contributed by atoms with Crippen LogP contribution in [0, 0.1) is 12.3 Å². The number of halogens is 1. The highest BCUT2D eigenvalue weighted by atomic mass is 35.5. The van der Waals surface area contributed by atoms with Gasteiger partial charge in [0.15, 0.2) is 0 Å². The van der Waals surface area contributed by atoms with Crippen LogP contribution in [0.15, 0.2) is 48.0 Å². The number of carbonyl (C=O) groups is 4. The maximum Gasteiger partial charge on any atom is 0.246 e. The van der Waals surface area contributed by atoms with E-state index in [0.717, 1.165) is 27.3 Å². The van der Waals surface area contributed by atoms with Gasteiger partial charge >= 0.3 is 0 Å². The van der Waals surface area contributed by atoms with Crippen LogP contribution in [-0.2, 0) is 25.6 Å². The van der Waals surface area contributed by atoms with Gasteiger partial charge in [-0.2, -0.15) is 0 Å². The number of likely N-dealkylation sites (tertiary alicyclic amines) is 1. The molecule has 0 bridgehead atoms. The second kappa shape index (κ2) is 18.8. The average molecular weight is 769 g/mol. The summed E-state index contributed by atoms with van der Waals surface area (Å²) in [5.41, 5.74) is 16.1. The van der Waals surface area contributed by atoms with Crippen LogP contribution in [0.2, 0.25) is 5.02 Å². The molecule has 7 N–H and O–H groups in total. The fraction of sp³-hybridized carbons (Fsp3) is 0.513. The highest BCUT2D eigenvalue weighted by Gasteiger charge is 2.44. The van der Waals surface area contributed by atoms with Crippen molar-refractivity contribution in [1.29, 1.82) is 0 Å². The van der Waals surface area contributed by atoms with Crippen LogP contribution in [0.1, 0.15) is 89.1 Å². The Morgan fingerprint density at radius 1 is 1.09 bits per heavy atom. The van der Waals surface area contributed by atoms with Crippen molar-refractivity contribution in [3.05, 3.63) is 69.8 Å². The number of β-amino-alcohol motifs (C(OH)–C–C–N with tert-alkyl or cyclic N) is 1. The van der Waals surface area contributed by atoms with Crippen molar-refractivity contribution in [3.8, 4) is 16.2 Å². The van der Waals surface area contributed by atoms with Gasteiger partial charge in [0.25, 0.3) is 0 Å². The second-order valence-corrected chi connectivity index (χ2v) is 16.1. The van der Waals surface area contributed by atoms with E-state index in [0.29, 0.717) is 36.5 Å². The molecule has 0 unspecified atom stereocenters. The number of hydrogen-bond acceptors (Lipinski definition) is 9. The van der Waals surface area contributed by atoms with Gasteiger partial charge in [0.1, 0.15) is 24.4 Å². The molecular formula is C39H53ClN6O6S. The predicted molar refractivity (Wildman–Crippen MR) is 207 cm³/mol. The zero-order valence-electron chi connectivity index (χ0n) is 31.2. The average Bonchev–Trinajstić information content (AvgIpc) is 3.72. The summed E-state index contributed by atoms with van der Waals surface area (Å²) in [4.78, 5) is 58.6. The highest BCUT2D eigenvalue weighted by Crippen LogP contribution is 2.31. The number of aromatic nitrogens is 1. The number of aliphatic hydroxyl groups excluding tert-OH is 1. The minimum Gasteiger partial charge on any atom is -0.490 e. The first-order valence-electron chi connectivity index (χ1n) is 18.1. The van der Waals surface area contributed by atoms with Crippen LogP contribution in [-0.4, -0.2) is 76.0 Å². The number of nitrogens with two attached hydrogens (primary N) is 2. The quantitative estimate of drug-likeness (QED) is 0.121. The Morgan fingerprint density at radius 3 is 2.45 bits per heavy atom. The first-order chi connectivity index (χ1) is 25.0. The molecule has 5 atom stereocenters. The van der Waals surface area contributed by atoms with E-state index in [-0.39, 0.29) is 56.3 Å². The number of amides is 4. The number of aryl methyl sites for hydroxylation is 2. The topological polar surface area (TPSA) is 190 Å². The molecule has 0 aliphatic carbocycles. The summed E-state index contributed by atoms with van der Waals surface area (Å²) in [6, 6.07) is 10.9. The Hall–Kier alpha value is -4.04. The van der Waals surface area contributed by atoms with Crippen molar-refractivity contribution >= 4 is 46.6 Å². The summed E-state index contributed by atoms with van der Waals surface area (Å²) in [6.45, 7) is 9.62. The fourth-order valence-corrected chi connectivity index (χ4v) is 7.40. The van der Waals surface area contributed by atoms with Crippen LogP contribution in [0.5, 0.6) is 5.75 Å². The van der Waals surface area contributed by atoms with Crippen molar-refractivity contribution in [2.45, 2.75) is 110 Å². The van der Waals surface area contributed by atoms with Crippen molar-refractivity contribution < 1.29 is 29.0 Å². The minimum absolute atomic E-state index is 0.000499. The van der Waals surface area contributed by atoms with Crippen LogP contribution in [0.3, 0.4) is 0 Å². The van der Waals surface area contributed by atoms with E-state index in [1.807, 2.05) is 76.5 Å². The summed E-state index contributed by atoms with van der Waals surface area (Å²) in [7, 11) is 0. The number of primary amides is 1. The van der Waals surface area contributed by atoms with Crippen molar-refractivity contribution in [3.63, 3.8) is 0 Å². The maximum atomic E-state index is 14.0. The summed E-state index contributed by atoms with van der Waals surface area (Å²) >= 11 is 8.17. The molecular weight excluding hydrogens is 716 g/mol. The predicted octanol–water partition coefficient (Wildman–Crippen LogP) is 4.83. The number of carbonyl (C=O) groups excluding carboxylic acids is 4. The van der Waals surface area contributed by atoms with E-state index < -0.39 is 35.4 Å². The van der Waals surface area contributed by atoms with Gasteiger partial charge in [-0.1, -0.05) is 68.8 Å². The molecule has 12 nitrogen and oxygen atoms in total. The molecule has 4 amide bonds. The number of benzene rings is 2. The van der Waals surface area contributed by atoms with Gasteiger partial charge in [-0.15, -0.1) is 11.3 Å². The third kappa shape index (κ3) is 11.7. The first kappa shape index (κ1) is 41.7. The lowest BCUT2D eigenvalue weighted by Gasteiger charge is -2.35. The molecule has 0 saturated carbocycles. The number of rotatable bonds is 17. The highest BCUT2D eigenvalue weighted by molar-refractivity contribution is 7.13. The number of hydrogen-bond donors (Lipinski definition) is 5. The monoisotopic (exact) mass is 768 g/mol. The Morgan fingerprint density at radius 2 is 1.81 bits per heavy atom. The van der Waals surface area contributed by atoms with Crippen LogP contribution in [0.4, 0.5) is 0 Å². The van der Waals surface area contributed by atoms with Gasteiger partial charge in [-0.05, 0) is 67.7 Å². The van der Waals surface area contributed by atoms with E-state index in [2.05, 4.69) is 15.6 Å². The van der Waals surface area contributed by atoms with E-state index in [9.17, 15) is 24.3 Å². The molecule has 2 heterocycles. The van der Waals surface area contributed by atoms with Gasteiger partial charge in [-0.25, -0.2) is 4.98 Å². The normalized spacial score (nSPS) is 17.5. The third-order valence-corrected chi connectivity index (χ3v) is 10.8. The molecule has 1 aromatic heterocycles. The standard InChI is InChI=1S/C39H53ClN6O6S/c1-23(25-13-15-27(16-14-25)35-24(2)43-22-53-35)44-37(50)30-19-29(47)20-46(30)38(51)36(39(3,4)5)45-33(49)12-7-6-9-26-10-8-11-31(34(26)40)52-21-28(41)17-18-32(42)48/h8,10-11,13-16,22-23,28-30,36,47H,6-7,9,12,17-21,41H2,1-5H3,(H2,42,48)(H,44,50)(H,45,49)/t23-,28-,29+,30-,36+/m0/s1. The van der Waals surface area contributed by atoms with E-state index in [4.69, 9.17) is 27.8 Å². The van der Waals surface area contributed by atoms with Gasteiger partial charge in [0.2, 0.25) is 23.6 Å². The van der Waals surface area contributed by atoms with E-state index in [1.165, 1.54) is 4.90 Å². The largest absolute Gasteiger partial charge is 0.490 e. The smallest absolute Gasteiger partial charge is 0.246 e. The second-order valence-electron chi connectivity index (χ2n) is 14.9. The Labute approximate surface area is 321 Å². The summed E-state index contributed by atoms with van der Waals surface area (Å²) in [5, 5.41) is 17.0. The van der Waals surface area contributed by atoms with Crippen LogP contribution >= 0.6 is 22.9 Å². The van der Waals surface area contributed by atoms with E-state index in [1.54, 1.807) is 17.4 Å². The molecule has 3 aromatic rings. The number of ether oxygens (including phenoxy) is 1. The lowest BCUT2D eigenvalue weighted by molar-refractivity contribution is -0.144. The molecule has 2 aromatic carbocycles. The Bertz CT molecular complexity index is 1730. The van der Waals surface area contributed by atoms with Crippen molar-refractivity contribution in [2.75, 3.05) is 13.2 Å². The molecule has 0 spiro atoms. The SMILES string of the molecule is Cc1ncsc1-c1ccc([C@H](C)NC(=O)[C@@H]2C[C@@H](O)CN2C(=O)[C@@H](NC(=O)CCCCc2cccc(OC[C@@H](N)CCC(N)=O)c2Cl)C(C)(C)C)cc1. The molecule has 1 aliphatic rings. The van der Waals surface area contributed by atoms with Gasteiger partial charge < -0.3 is 36.8 Å². The molecule has 288 valence electrons. The van der Waals surface area contributed by atoms with Crippen LogP contribution in [0.25, 0.3) is 10.4 Å². The van der Waals surface area contributed by atoms with Gasteiger partial charge in [0, 0.05) is 31.8 Å². The van der Waals surface area contributed by atoms with Gasteiger partial charge in [0.05, 0.1) is 33.3 Å². The molecule has 14 heteroatoms. The first-order valence-corrected chi connectivity index (χ1v) is 19.3. The molecule has 0 radical (unpaired) electrons. The lowest BCUT2D eigenvalue weighted by atomic mass is 9.85. The van der Waals surface area contributed by atoms with Crippen LogP contribution < -0.4 is 26.8 Å². The molecule has 1 aliphatic heterocycles. The van der Waals surface area contributed by atoms with Gasteiger partial charge in [-0.3, -0.25) is 19.2 Å². The molecule has 53 heavy (non-hydrogen) atoms. The maximum absolute atomic E-state index is 14.0. The molecule has 1 saturated heterocycles. The van der Waals surface area contributed by atoms with Crippen molar-refractivity contribution in [2.24, 2.45) is 16.9 Å². The molecule has 1 fully saturated rings. The molecule has 4 rings (SSSR count). The Kier molecular flexibility index (Phi) is 14.8. The fourth-order valence-electron chi connectivity index (χ4n) is 6.32. The summed E-state index contributed by atoms with van der Waals surface area (Å²) in [6.07, 6.45) is 1.84. The summed E-state index contributed by atoms with van der Waals surface area (Å²) < 4.78 is 5.79. The van der Waals surface area contributed by atoms with E-state index >= 15 is 0 Å². The zero-order chi connectivity index (χ0) is 38.9. The number of aliphatic hydroxyl groups is 1. The minimum atomic E-state index is -0.909. The van der Waals surface area contributed by atoms with Crippen molar-refractivity contribution in [1.82, 2.24) is 20.5 Å². The number of nitrogens with one attached hydrogen (secondary N) is 2. The number of unbranched alkanes of at least 4 members (excludes halogenated alkanes) is 1. The lowest BCUT2D eigenvalue weighted by Crippen LogP contribution is -2.57. The number of thiazole rings is 1. The number of nitrogens with zero attached hydrogens (tertiary/aromatic N) is 2. The Balaban J connectivity index is 1.30.